The molecule has 1 atom stereocenters. The number of ketones is 1. The molecule has 1 unspecified atom stereocenters. The molecule has 0 saturated carbocycles. The summed E-state index contributed by atoms with van der Waals surface area (Å²) in [6.45, 7) is 0. The van der Waals surface area contributed by atoms with Crippen molar-refractivity contribution < 1.29 is 24.9 Å². The van der Waals surface area contributed by atoms with Gasteiger partial charge in [0, 0.05) is 11.6 Å². The molecule has 0 aromatic heterocycles. The number of hydrogen-bond acceptors (Lipinski definition) is 5. The molecule has 0 spiro atoms. The summed E-state index contributed by atoms with van der Waals surface area (Å²) in [6.07, 6.45) is -0.567. The Hall–Kier alpha value is -2.69. The first-order valence-electron chi connectivity index (χ1n) is 6.09. The number of ether oxygens (including phenoxy) is 1. The molecule has 102 valence electrons. The van der Waals surface area contributed by atoms with Gasteiger partial charge in [-0.1, -0.05) is 6.07 Å². The fourth-order valence-electron chi connectivity index (χ4n) is 2.35. The number of benzene rings is 2. The van der Waals surface area contributed by atoms with E-state index in [0.29, 0.717) is 11.3 Å². The van der Waals surface area contributed by atoms with Crippen molar-refractivity contribution in [1.29, 1.82) is 0 Å². The number of Topliss-reactive ketones (excluding diaryl/α,β-unsaturated/α-hetero) is 1. The average molecular weight is 272 g/mol. The number of hydrogen-bond donors (Lipinski definition) is 3. The second-order valence-corrected chi connectivity index (χ2v) is 4.67. The van der Waals surface area contributed by atoms with E-state index in [2.05, 4.69) is 0 Å². The third-order valence-electron chi connectivity index (χ3n) is 3.22. The predicted molar refractivity (Wildman–Crippen MR) is 70.2 cm³/mol. The smallest absolute Gasteiger partial charge is 0.174 e. The van der Waals surface area contributed by atoms with Gasteiger partial charge < -0.3 is 20.1 Å². The van der Waals surface area contributed by atoms with Crippen LogP contribution in [0.15, 0.2) is 36.4 Å². The highest BCUT2D eigenvalue weighted by molar-refractivity contribution is 6.02. The second-order valence-electron chi connectivity index (χ2n) is 4.67. The highest BCUT2D eigenvalue weighted by atomic mass is 16.5. The second kappa shape index (κ2) is 4.45. The van der Waals surface area contributed by atoms with Gasteiger partial charge in [0.1, 0.15) is 34.7 Å². The Morgan fingerprint density at radius 2 is 1.75 bits per heavy atom. The molecule has 2 aromatic carbocycles. The van der Waals surface area contributed by atoms with Crippen LogP contribution < -0.4 is 4.74 Å². The molecule has 3 N–H and O–H groups in total. The normalized spacial score (nSPS) is 17.4. The van der Waals surface area contributed by atoms with Gasteiger partial charge in [-0.15, -0.1) is 0 Å². The number of carbonyl (C=O) groups excluding carboxylic acids is 1. The summed E-state index contributed by atoms with van der Waals surface area (Å²) in [5.74, 6) is -0.244. The molecule has 1 aliphatic rings. The summed E-state index contributed by atoms with van der Waals surface area (Å²) >= 11 is 0. The van der Waals surface area contributed by atoms with Crippen LogP contribution in [0.5, 0.6) is 23.0 Å². The third kappa shape index (κ3) is 2.03. The van der Waals surface area contributed by atoms with Crippen LogP contribution in [0.4, 0.5) is 0 Å². The molecular formula is C15H12O5. The lowest BCUT2D eigenvalue weighted by molar-refractivity contribution is 0.0844. The molecule has 3 rings (SSSR count). The Labute approximate surface area is 114 Å². The van der Waals surface area contributed by atoms with Crippen molar-refractivity contribution in [3.8, 4) is 23.0 Å². The van der Waals surface area contributed by atoms with Crippen molar-refractivity contribution in [2.45, 2.75) is 12.5 Å². The maximum absolute atomic E-state index is 12.1. The lowest BCUT2D eigenvalue weighted by Crippen LogP contribution is -2.20. The zero-order valence-corrected chi connectivity index (χ0v) is 10.4. The number of phenols is 3. The van der Waals surface area contributed by atoms with E-state index in [0.717, 1.165) is 0 Å². The first-order chi connectivity index (χ1) is 9.54. The quantitative estimate of drug-likeness (QED) is 0.742. The summed E-state index contributed by atoms with van der Waals surface area (Å²) in [7, 11) is 0. The molecule has 1 aliphatic heterocycles. The lowest BCUT2D eigenvalue weighted by Gasteiger charge is -2.26. The third-order valence-corrected chi connectivity index (χ3v) is 3.22. The highest BCUT2D eigenvalue weighted by Crippen LogP contribution is 2.40. The minimum Gasteiger partial charge on any atom is -0.508 e. The first kappa shape index (κ1) is 12.3. The van der Waals surface area contributed by atoms with Crippen LogP contribution in [0.3, 0.4) is 0 Å². The van der Waals surface area contributed by atoms with Gasteiger partial charge in [-0.25, -0.2) is 0 Å². The Balaban J connectivity index is 2.01. The molecule has 5 heteroatoms. The SMILES string of the molecule is O=C1CC(c2cc(O)cc(O)c2)Oc2cccc(O)c21. The van der Waals surface area contributed by atoms with Gasteiger partial charge in [-0.2, -0.15) is 0 Å². The fourth-order valence-corrected chi connectivity index (χ4v) is 2.35. The summed E-state index contributed by atoms with van der Waals surface area (Å²) in [5, 5.41) is 28.7. The van der Waals surface area contributed by atoms with Gasteiger partial charge in [-0.05, 0) is 24.3 Å². The maximum Gasteiger partial charge on any atom is 0.174 e. The van der Waals surface area contributed by atoms with Crippen LogP contribution >= 0.6 is 0 Å². The molecule has 5 nitrogen and oxygen atoms in total. The van der Waals surface area contributed by atoms with E-state index < -0.39 is 6.10 Å². The minimum atomic E-state index is -0.602. The van der Waals surface area contributed by atoms with Crippen LogP contribution in [0, 0.1) is 0 Å². The zero-order chi connectivity index (χ0) is 14.3. The predicted octanol–water partition coefficient (Wildman–Crippen LogP) is 2.51. The first-order valence-corrected chi connectivity index (χ1v) is 6.09. The van der Waals surface area contributed by atoms with Crippen LogP contribution in [0.25, 0.3) is 0 Å². The number of carbonyl (C=O) groups is 1. The van der Waals surface area contributed by atoms with Crippen LogP contribution in [0.1, 0.15) is 28.4 Å². The molecule has 0 aliphatic carbocycles. The molecule has 0 radical (unpaired) electrons. The van der Waals surface area contributed by atoms with Gasteiger partial charge in [0.05, 0.1) is 6.42 Å². The molecule has 0 amide bonds. The van der Waals surface area contributed by atoms with Crippen molar-refractivity contribution in [2.75, 3.05) is 0 Å². The molecule has 0 fully saturated rings. The van der Waals surface area contributed by atoms with E-state index in [4.69, 9.17) is 4.74 Å². The minimum absolute atomic E-state index is 0.0352. The van der Waals surface area contributed by atoms with Gasteiger partial charge >= 0.3 is 0 Å². The van der Waals surface area contributed by atoms with Crippen molar-refractivity contribution >= 4 is 5.78 Å². The Bertz CT molecular complexity index is 672. The molecule has 2 aromatic rings. The van der Waals surface area contributed by atoms with Crippen molar-refractivity contribution in [1.82, 2.24) is 0 Å². The van der Waals surface area contributed by atoms with E-state index in [1.807, 2.05) is 0 Å². The van der Waals surface area contributed by atoms with Gasteiger partial charge in [-0.3, -0.25) is 4.79 Å². The van der Waals surface area contributed by atoms with Crippen molar-refractivity contribution in [2.24, 2.45) is 0 Å². The monoisotopic (exact) mass is 272 g/mol. The summed E-state index contributed by atoms with van der Waals surface area (Å²) in [6, 6.07) is 8.69. The summed E-state index contributed by atoms with van der Waals surface area (Å²) < 4.78 is 5.68. The average Bonchev–Trinajstić information content (AvgIpc) is 2.37. The lowest BCUT2D eigenvalue weighted by atomic mass is 9.95. The standard InChI is InChI=1S/C15H12O5/c16-9-4-8(5-10(17)6-9)14-7-12(19)15-11(18)2-1-3-13(15)20-14/h1-6,14,16-18H,7H2. The number of phenolic OH excluding ortho intramolecular Hbond substituents is 3. The Morgan fingerprint density at radius 1 is 1.05 bits per heavy atom. The molecular weight excluding hydrogens is 260 g/mol. The summed E-state index contributed by atoms with van der Waals surface area (Å²) in [5.41, 5.74) is 0.679. The van der Waals surface area contributed by atoms with Gasteiger partial charge in [0.2, 0.25) is 0 Å². The Morgan fingerprint density at radius 3 is 2.45 bits per heavy atom. The van der Waals surface area contributed by atoms with E-state index in [-0.39, 0.29) is 35.0 Å². The summed E-state index contributed by atoms with van der Waals surface area (Å²) in [4.78, 5) is 12.1. The maximum atomic E-state index is 12.1. The van der Waals surface area contributed by atoms with Crippen molar-refractivity contribution in [3.63, 3.8) is 0 Å². The zero-order valence-electron chi connectivity index (χ0n) is 10.4. The van der Waals surface area contributed by atoms with Crippen LogP contribution in [-0.2, 0) is 0 Å². The highest BCUT2D eigenvalue weighted by Gasteiger charge is 2.30. The largest absolute Gasteiger partial charge is 0.508 e. The number of fused-ring (bicyclic) bond motifs is 1. The van der Waals surface area contributed by atoms with Gasteiger partial charge in [0.25, 0.3) is 0 Å². The number of aromatic hydroxyl groups is 3. The van der Waals surface area contributed by atoms with Crippen molar-refractivity contribution in [3.05, 3.63) is 47.5 Å². The van der Waals surface area contributed by atoms with E-state index in [9.17, 15) is 20.1 Å². The number of rotatable bonds is 1. The van der Waals surface area contributed by atoms with E-state index in [1.54, 1.807) is 12.1 Å². The Kier molecular flexibility index (Phi) is 2.75. The topological polar surface area (TPSA) is 87.0 Å². The van der Waals surface area contributed by atoms with E-state index >= 15 is 0 Å². The molecule has 0 bridgehead atoms. The molecule has 1 heterocycles. The van der Waals surface area contributed by atoms with Crippen LogP contribution in [-0.4, -0.2) is 21.1 Å². The van der Waals surface area contributed by atoms with Gasteiger partial charge in [0.15, 0.2) is 5.78 Å². The fraction of sp³-hybridized carbons (Fsp3) is 0.133. The molecule has 20 heavy (non-hydrogen) atoms. The molecule has 0 saturated heterocycles. The van der Waals surface area contributed by atoms with E-state index in [1.165, 1.54) is 24.3 Å². The van der Waals surface area contributed by atoms with Crippen LogP contribution in [0.2, 0.25) is 0 Å².